The zero-order valence-electron chi connectivity index (χ0n) is 8.07. The first-order chi connectivity index (χ1) is 4.97. The maximum atomic E-state index is 4.07. The molecule has 11 heavy (non-hydrogen) atoms. The van der Waals surface area contributed by atoms with E-state index in [1.54, 1.807) is 6.33 Å². The monoisotopic (exact) mass is 172 g/mol. The van der Waals surface area contributed by atoms with Crippen molar-refractivity contribution >= 4 is 48.6 Å². The Kier molecular flexibility index (Phi) is 3.24. The van der Waals surface area contributed by atoms with E-state index in [0.717, 1.165) is 10.9 Å². The normalized spacial score (nSPS) is 9.09. The molecule has 52 valence electrons. The van der Waals surface area contributed by atoms with E-state index in [4.69, 9.17) is 0 Å². The molecule has 1 heterocycles. The van der Waals surface area contributed by atoms with Crippen LogP contribution < -0.4 is 0 Å². The van der Waals surface area contributed by atoms with Crippen molar-refractivity contribution in [2.24, 2.45) is 0 Å². The molecular weight excluding hydrogens is 164 g/mol. The van der Waals surface area contributed by atoms with Gasteiger partial charge in [0.2, 0.25) is 0 Å². The van der Waals surface area contributed by atoms with Crippen LogP contribution in [0.2, 0.25) is 0 Å². The van der Waals surface area contributed by atoms with Crippen LogP contribution in [0.5, 0.6) is 0 Å². The Morgan fingerprint density at radius 2 is 2.00 bits per heavy atom. The minimum absolute atomic E-state index is 0. The molecule has 1 aromatic carbocycles. The summed E-state index contributed by atoms with van der Waals surface area (Å²) in [5, 5.41) is 1.09. The quantitative estimate of drug-likeness (QED) is 0.562. The molecule has 0 aliphatic heterocycles. The summed E-state index contributed by atoms with van der Waals surface area (Å²) in [4.78, 5) is 7.97. The molecule has 0 fully saturated rings. The average molecular weight is 172 g/mol. The van der Waals surface area contributed by atoms with Gasteiger partial charge in [-0.05, 0) is 6.07 Å². The Morgan fingerprint density at radius 1 is 1.18 bits per heavy atom. The predicted molar refractivity (Wildman–Crippen MR) is 47.5 cm³/mol. The van der Waals surface area contributed by atoms with Gasteiger partial charge >= 0.3 is 37.7 Å². The van der Waals surface area contributed by atoms with E-state index in [-0.39, 0.29) is 40.6 Å². The Labute approximate surface area is 97.6 Å². The van der Waals surface area contributed by atoms with E-state index >= 15 is 0 Å². The van der Waals surface area contributed by atoms with Crippen molar-refractivity contribution in [2.45, 2.75) is 0 Å². The number of hydrogen-bond donors (Lipinski definition) is 0. The fraction of sp³-hybridized carbons (Fsp3) is 0. The SMILES string of the molecule is [Ca+2].[H-].[H-].c1ccc2ncncc2c1. The van der Waals surface area contributed by atoms with E-state index in [1.165, 1.54) is 0 Å². The third kappa shape index (κ3) is 1.89. The molecular formula is C8H8CaN2. The molecule has 0 bridgehead atoms. The van der Waals surface area contributed by atoms with E-state index in [9.17, 15) is 0 Å². The predicted octanol–water partition coefficient (Wildman–Crippen LogP) is 1.47. The summed E-state index contributed by atoms with van der Waals surface area (Å²) in [5.74, 6) is 0. The molecule has 0 aliphatic carbocycles. The van der Waals surface area contributed by atoms with Crippen LogP contribution in [0.3, 0.4) is 0 Å². The van der Waals surface area contributed by atoms with Crippen molar-refractivity contribution in [3.8, 4) is 0 Å². The average Bonchev–Trinajstić information content (AvgIpc) is 2.05. The van der Waals surface area contributed by atoms with Gasteiger partial charge in [-0.15, -0.1) is 0 Å². The Hall–Kier alpha value is -0.180. The van der Waals surface area contributed by atoms with Crippen LogP contribution in [-0.4, -0.2) is 47.7 Å². The van der Waals surface area contributed by atoms with Gasteiger partial charge < -0.3 is 2.85 Å². The van der Waals surface area contributed by atoms with Gasteiger partial charge in [-0.3, -0.25) is 0 Å². The van der Waals surface area contributed by atoms with Gasteiger partial charge in [0.15, 0.2) is 0 Å². The van der Waals surface area contributed by atoms with Gasteiger partial charge in [0.25, 0.3) is 0 Å². The molecule has 0 radical (unpaired) electrons. The third-order valence-electron chi connectivity index (χ3n) is 1.41. The van der Waals surface area contributed by atoms with Gasteiger partial charge in [-0.2, -0.15) is 0 Å². The maximum absolute atomic E-state index is 4.07. The molecule has 0 unspecified atom stereocenters. The largest absolute Gasteiger partial charge is 2.00 e. The second-order valence-electron chi connectivity index (χ2n) is 2.08. The molecule has 1 aromatic heterocycles. The molecule has 3 heteroatoms. The topological polar surface area (TPSA) is 25.8 Å². The van der Waals surface area contributed by atoms with Gasteiger partial charge in [0.05, 0.1) is 5.52 Å². The molecule has 0 saturated heterocycles. The molecule has 0 atom stereocenters. The van der Waals surface area contributed by atoms with Crippen LogP contribution in [0.1, 0.15) is 2.85 Å². The molecule has 2 aromatic rings. The number of para-hydroxylation sites is 1. The van der Waals surface area contributed by atoms with Crippen molar-refractivity contribution in [1.82, 2.24) is 9.97 Å². The second kappa shape index (κ2) is 4.00. The molecule has 0 N–H and O–H groups in total. The van der Waals surface area contributed by atoms with Crippen LogP contribution >= 0.6 is 0 Å². The van der Waals surface area contributed by atoms with E-state index in [1.807, 2.05) is 30.5 Å². The number of fused-ring (bicyclic) bond motifs is 1. The fourth-order valence-corrected chi connectivity index (χ4v) is 0.923. The first kappa shape index (κ1) is 8.91. The van der Waals surface area contributed by atoms with Crippen molar-refractivity contribution in [3.05, 3.63) is 36.8 Å². The van der Waals surface area contributed by atoms with Crippen LogP contribution in [0.15, 0.2) is 36.8 Å². The summed E-state index contributed by atoms with van der Waals surface area (Å²) >= 11 is 0. The van der Waals surface area contributed by atoms with Crippen LogP contribution in [0.25, 0.3) is 10.9 Å². The number of rotatable bonds is 0. The minimum atomic E-state index is 0. The van der Waals surface area contributed by atoms with Gasteiger partial charge in [0, 0.05) is 11.6 Å². The minimum Gasteiger partial charge on any atom is -1.00 e. The van der Waals surface area contributed by atoms with Crippen molar-refractivity contribution in [1.29, 1.82) is 0 Å². The summed E-state index contributed by atoms with van der Waals surface area (Å²) in [6, 6.07) is 7.91. The molecule has 0 saturated carbocycles. The first-order valence-electron chi connectivity index (χ1n) is 3.11. The zero-order chi connectivity index (χ0) is 6.81. The molecule has 0 aliphatic rings. The molecule has 0 spiro atoms. The number of benzene rings is 1. The van der Waals surface area contributed by atoms with Gasteiger partial charge in [0.1, 0.15) is 6.33 Å². The summed E-state index contributed by atoms with van der Waals surface area (Å²) in [5.41, 5.74) is 0.998. The van der Waals surface area contributed by atoms with E-state index in [2.05, 4.69) is 9.97 Å². The second-order valence-corrected chi connectivity index (χ2v) is 2.08. The van der Waals surface area contributed by atoms with Crippen LogP contribution in [0, 0.1) is 0 Å². The van der Waals surface area contributed by atoms with Crippen LogP contribution in [0.4, 0.5) is 0 Å². The first-order valence-corrected chi connectivity index (χ1v) is 3.11. The fourth-order valence-electron chi connectivity index (χ4n) is 0.923. The number of nitrogens with zero attached hydrogens (tertiary/aromatic N) is 2. The van der Waals surface area contributed by atoms with E-state index < -0.39 is 0 Å². The number of aromatic nitrogens is 2. The Balaban J connectivity index is 0. The summed E-state index contributed by atoms with van der Waals surface area (Å²) < 4.78 is 0. The van der Waals surface area contributed by atoms with Gasteiger partial charge in [-0.25, -0.2) is 9.97 Å². The van der Waals surface area contributed by atoms with Gasteiger partial charge in [-0.1, -0.05) is 18.2 Å². The zero-order valence-corrected chi connectivity index (χ0v) is 8.27. The smallest absolute Gasteiger partial charge is 1.00 e. The van der Waals surface area contributed by atoms with Crippen molar-refractivity contribution in [2.75, 3.05) is 0 Å². The Morgan fingerprint density at radius 3 is 2.82 bits per heavy atom. The molecule has 2 rings (SSSR count). The summed E-state index contributed by atoms with van der Waals surface area (Å²) in [6.45, 7) is 0. The van der Waals surface area contributed by atoms with Crippen LogP contribution in [-0.2, 0) is 0 Å². The summed E-state index contributed by atoms with van der Waals surface area (Å²) in [6.07, 6.45) is 3.37. The van der Waals surface area contributed by atoms with Crippen molar-refractivity contribution in [3.63, 3.8) is 0 Å². The summed E-state index contributed by atoms with van der Waals surface area (Å²) in [7, 11) is 0. The Bertz CT molecular complexity index is 291. The van der Waals surface area contributed by atoms with Crippen molar-refractivity contribution < 1.29 is 2.85 Å². The molecule has 0 amide bonds. The molecule has 2 nitrogen and oxygen atoms in total. The standard InChI is InChI=1S/C8H6N2.Ca.2H/c1-2-4-8-7(3-1)5-9-6-10-8;;;/h1-6H;;;/q;+2;2*-1. The third-order valence-corrected chi connectivity index (χ3v) is 1.41. The number of hydrogen-bond acceptors (Lipinski definition) is 2. The maximum Gasteiger partial charge on any atom is 2.00 e. The van der Waals surface area contributed by atoms with E-state index in [0.29, 0.717) is 0 Å².